The van der Waals surface area contributed by atoms with Crippen LogP contribution in [0.15, 0.2) is 0 Å². The van der Waals surface area contributed by atoms with Crippen molar-refractivity contribution in [2.75, 3.05) is 19.6 Å². The molecule has 0 aliphatic carbocycles. The Balaban J connectivity index is 2.51. The predicted molar refractivity (Wildman–Crippen MR) is 65.6 cm³/mol. The van der Waals surface area contributed by atoms with E-state index in [-0.39, 0.29) is 6.35 Å². The van der Waals surface area contributed by atoms with E-state index in [2.05, 4.69) is 4.74 Å². The molecule has 8 heteroatoms. The maximum absolute atomic E-state index is 13.8. The predicted octanol–water partition coefficient (Wildman–Crippen LogP) is 2.12. The van der Waals surface area contributed by atoms with E-state index in [4.69, 9.17) is 14.0 Å². The van der Waals surface area contributed by atoms with E-state index in [9.17, 15) is 13.8 Å². The Morgan fingerprint density at radius 1 is 1.42 bits per heavy atom. The minimum atomic E-state index is -2.87. The van der Waals surface area contributed by atoms with Gasteiger partial charge in [0.05, 0.1) is 6.61 Å². The molecule has 0 spiro atoms. The summed E-state index contributed by atoms with van der Waals surface area (Å²) >= 11 is 0. The van der Waals surface area contributed by atoms with Crippen LogP contribution in [0.2, 0.25) is 0 Å². The number of esters is 1. The number of hydrogen-bond donors (Lipinski definition) is 0. The number of alkyl halides is 1. The quantitative estimate of drug-likeness (QED) is 0.552. The van der Waals surface area contributed by atoms with Gasteiger partial charge in [-0.3, -0.25) is 9.36 Å². The van der Waals surface area contributed by atoms with Crippen molar-refractivity contribution in [3.8, 4) is 0 Å². The summed E-state index contributed by atoms with van der Waals surface area (Å²) in [5.41, 5.74) is 0. The van der Waals surface area contributed by atoms with E-state index in [0.717, 1.165) is 0 Å². The van der Waals surface area contributed by atoms with Gasteiger partial charge >= 0.3 is 5.97 Å². The van der Waals surface area contributed by atoms with Crippen molar-refractivity contribution in [1.82, 2.24) is 0 Å². The van der Waals surface area contributed by atoms with E-state index >= 15 is 0 Å². The molecule has 6 nitrogen and oxygen atoms in total. The van der Waals surface area contributed by atoms with E-state index in [1.54, 1.807) is 13.8 Å². The van der Waals surface area contributed by atoms with Gasteiger partial charge in [-0.15, -0.1) is 0 Å². The number of halogens is 1. The lowest BCUT2D eigenvalue weighted by molar-refractivity contribution is -0.211. The van der Waals surface area contributed by atoms with Crippen molar-refractivity contribution < 1.29 is 32.5 Å². The Hall–Kier alpha value is -0.490. The number of carbonyl (C=O) groups is 1. The molecule has 0 aromatic heterocycles. The van der Waals surface area contributed by atoms with Crippen molar-refractivity contribution in [3.05, 3.63) is 0 Å². The maximum Gasteiger partial charge on any atom is 0.305 e. The Labute approximate surface area is 112 Å². The fourth-order valence-electron chi connectivity index (χ4n) is 1.70. The van der Waals surface area contributed by atoms with Crippen LogP contribution in [0.25, 0.3) is 0 Å². The van der Waals surface area contributed by atoms with Gasteiger partial charge in [0.15, 0.2) is 12.5 Å². The van der Waals surface area contributed by atoms with Crippen LogP contribution in [-0.4, -0.2) is 44.3 Å². The molecule has 1 fully saturated rings. The summed E-state index contributed by atoms with van der Waals surface area (Å²) in [5, 5.41) is 0. The Bertz CT molecular complexity index is 363. The normalized spacial score (nSPS) is 33.9. The minimum absolute atomic E-state index is 0.171. The molecule has 0 N–H and O–H groups in total. The number of rotatable bonds is 6. The van der Waals surface area contributed by atoms with Crippen LogP contribution in [0.1, 0.15) is 20.8 Å². The Morgan fingerprint density at radius 3 is 2.58 bits per heavy atom. The fourth-order valence-corrected chi connectivity index (χ4v) is 2.73. The molecule has 0 aromatic carbocycles. The largest absolute Gasteiger partial charge is 0.433 e. The molecule has 1 aliphatic heterocycles. The molecule has 2 unspecified atom stereocenters. The maximum atomic E-state index is 13.8. The molecule has 5 atom stereocenters. The highest BCUT2D eigenvalue weighted by molar-refractivity contribution is 7.57. The van der Waals surface area contributed by atoms with Crippen molar-refractivity contribution in [1.29, 1.82) is 0 Å². The average molecular weight is 298 g/mol. The fraction of sp³-hybridized carbons (Fsp3) is 0.909. The average Bonchev–Trinajstić information content (AvgIpc) is 2.54. The van der Waals surface area contributed by atoms with Crippen molar-refractivity contribution in [3.63, 3.8) is 0 Å². The Kier molecular flexibility index (Phi) is 5.92. The monoisotopic (exact) mass is 298 g/mol. The molecule has 1 saturated heterocycles. The van der Waals surface area contributed by atoms with E-state index in [1.165, 1.54) is 13.6 Å². The van der Waals surface area contributed by atoms with Gasteiger partial charge in [0, 0.05) is 19.5 Å². The zero-order chi connectivity index (χ0) is 14.6. The van der Waals surface area contributed by atoms with Crippen LogP contribution < -0.4 is 0 Å². The minimum Gasteiger partial charge on any atom is -0.433 e. The zero-order valence-electron chi connectivity index (χ0n) is 11.5. The van der Waals surface area contributed by atoms with E-state index in [1.807, 2.05) is 0 Å². The summed E-state index contributed by atoms with van der Waals surface area (Å²) < 4.78 is 45.8. The van der Waals surface area contributed by atoms with E-state index in [0.29, 0.717) is 6.61 Å². The highest BCUT2D eigenvalue weighted by atomic mass is 31.2. The molecule has 0 amide bonds. The van der Waals surface area contributed by atoms with Gasteiger partial charge in [0.25, 0.3) is 0 Å². The van der Waals surface area contributed by atoms with Crippen LogP contribution in [0.3, 0.4) is 0 Å². The summed E-state index contributed by atoms with van der Waals surface area (Å²) in [7, 11) is -2.87. The summed E-state index contributed by atoms with van der Waals surface area (Å²) in [4.78, 5) is 10.8. The first-order valence-corrected chi connectivity index (χ1v) is 8.32. The third-order valence-corrected chi connectivity index (χ3v) is 4.04. The van der Waals surface area contributed by atoms with Gasteiger partial charge in [0.1, 0.15) is 6.35 Å². The molecular formula is C11H20FO6P. The summed E-state index contributed by atoms with van der Waals surface area (Å²) in [6.45, 7) is 6.20. The lowest BCUT2D eigenvalue weighted by Gasteiger charge is -2.19. The van der Waals surface area contributed by atoms with Crippen LogP contribution in [0.5, 0.6) is 0 Å². The third kappa shape index (κ3) is 4.84. The smallest absolute Gasteiger partial charge is 0.305 e. The van der Waals surface area contributed by atoms with Crippen molar-refractivity contribution in [2.45, 2.75) is 39.5 Å². The molecule has 0 saturated carbocycles. The Morgan fingerprint density at radius 2 is 2.05 bits per heavy atom. The SMILES string of the molecule is CCOP(C)(=O)CO[C@H]1O[C@@H](OC(C)=O)C(F)[C@H]1C. The molecule has 0 bridgehead atoms. The number of hydrogen-bond acceptors (Lipinski definition) is 6. The second-order valence-corrected chi connectivity index (χ2v) is 7.06. The first-order chi connectivity index (χ1) is 8.76. The van der Waals surface area contributed by atoms with Crippen LogP contribution >= 0.6 is 7.37 Å². The van der Waals surface area contributed by atoms with Crippen molar-refractivity contribution >= 4 is 13.3 Å². The van der Waals surface area contributed by atoms with Crippen molar-refractivity contribution in [2.24, 2.45) is 5.92 Å². The molecule has 1 rings (SSSR count). The molecule has 0 aromatic rings. The highest BCUT2D eigenvalue weighted by Crippen LogP contribution is 2.43. The van der Waals surface area contributed by atoms with Gasteiger partial charge in [0.2, 0.25) is 13.7 Å². The van der Waals surface area contributed by atoms with Crippen LogP contribution in [0, 0.1) is 5.92 Å². The third-order valence-electron chi connectivity index (χ3n) is 2.62. The number of ether oxygens (including phenoxy) is 3. The molecule has 19 heavy (non-hydrogen) atoms. The molecule has 1 aliphatic rings. The summed E-state index contributed by atoms with van der Waals surface area (Å²) in [6.07, 6.45) is -3.83. The van der Waals surface area contributed by atoms with Crippen LogP contribution in [-0.2, 0) is 28.1 Å². The standard InChI is InChI=1S/C11H20FO6P/c1-5-16-19(4,14)6-15-10-7(2)9(12)11(18-10)17-8(3)13/h7,9-11H,5-6H2,1-4H3/t7-,9?,10+,11-,19?/m1/s1. The van der Waals surface area contributed by atoms with E-state index < -0.39 is 38.0 Å². The van der Waals surface area contributed by atoms with Gasteiger partial charge in [-0.05, 0) is 6.92 Å². The summed E-state index contributed by atoms with van der Waals surface area (Å²) in [6, 6.07) is 0. The van der Waals surface area contributed by atoms with Crippen LogP contribution in [0.4, 0.5) is 4.39 Å². The first-order valence-electron chi connectivity index (χ1n) is 6.06. The highest BCUT2D eigenvalue weighted by Gasteiger charge is 2.45. The van der Waals surface area contributed by atoms with Gasteiger partial charge < -0.3 is 18.7 Å². The topological polar surface area (TPSA) is 71.1 Å². The molecule has 0 radical (unpaired) electrons. The first kappa shape index (κ1) is 16.6. The molecular weight excluding hydrogens is 278 g/mol. The molecule has 112 valence electrons. The second-order valence-electron chi connectivity index (χ2n) is 4.51. The summed E-state index contributed by atoms with van der Waals surface area (Å²) in [5.74, 6) is -1.25. The van der Waals surface area contributed by atoms with Gasteiger partial charge in [-0.2, -0.15) is 0 Å². The number of carbonyl (C=O) groups excluding carboxylic acids is 1. The lowest BCUT2D eigenvalue weighted by Crippen LogP contribution is -2.25. The lowest BCUT2D eigenvalue weighted by atomic mass is 10.1. The van der Waals surface area contributed by atoms with Gasteiger partial charge in [-0.25, -0.2) is 4.39 Å². The second kappa shape index (κ2) is 6.79. The van der Waals surface area contributed by atoms with Gasteiger partial charge in [-0.1, -0.05) is 6.92 Å². The molecule has 1 heterocycles. The zero-order valence-corrected chi connectivity index (χ0v) is 12.4.